The van der Waals surface area contributed by atoms with Crippen LogP contribution >= 0.6 is 0 Å². The van der Waals surface area contributed by atoms with Crippen LogP contribution in [0.2, 0.25) is 0 Å². The van der Waals surface area contributed by atoms with Gasteiger partial charge in [0.2, 0.25) is 0 Å². The van der Waals surface area contributed by atoms with Crippen molar-refractivity contribution in [2.24, 2.45) is 0 Å². The average Bonchev–Trinajstić information content (AvgIpc) is 2.63. The number of hydrogen-bond donors (Lipinski definition) is 2. The first-order valence-corrected chi connectivity index (χ1v) is 4.75. The van der Waals surface area contributed by atoms with Gasteiger partial charge in [0.15, 0.2) is 0 Å². The number of hydrogen-bond acceptors (Lipinski definition) is 2. The highest BCUT2D eigenvalue weighted by atomic mass is 19.4. The normalized spacial score (nSPS) is 11.7. The first-order chi connectivity index (χ1) is 7.97. The molecule has 90 valence electrons. The van der Waals surface area contributed by atoms with Gasteiger partial charge in [-0.3, -0.25) is 4.98 Å². The van der Waals surface area contributed by atoms with E-state index in [2.05, 4.69) is 15.2 Å². The Hall–Kier alpha value is -2.05. The van der Waals surface area contributed by atoms with Crippen LogP contribution in [0.3, 0.4) is 0 Å². The zero-order chi connectivity index (χ0) is 12.5. The Morgan fingerprint density at radius 3 is 2.53 bits per heavy atom. The Kier molecular flexibility index (Phi) is 2.74. The van der Waals surface area contributed by atoms with Crippen molar-refractivity contribution in [1.29, 1.82) is 0 Å². The third-order valence-electron chi connectivity index (χ3n) is 2.23. The number of nitrogens with one attached hydrogen (secondary N) is 2. The van der Waals surface area contributed by atoms with Gasteiger partial charge in [-0.2, -0.15) is 18.3 Å². The van der Waals surface area contributed by atoms with E-state index in [0.717, 1.165) is 6.07 Å². The molecule has 0 fully saturated rings. The summed E-state index contributed by atoms with van der Waals surface area (Å²) in [4.78, 5) is 13.1. The summed E-state index contributed by atoms with van der Waals surface area (Å²) in [6.45, 7) is 0. The molecule has 2 rings (SSSR count). The Morgan fingerprint density at radius 1 is 1.24 bits per heavy atom. The zero-order valence-electron chi connectivity index (χ0n) is 8.51. The molecular formula is C10H8F3N3O. The van der Waals surface area contributed by atoms with Crippen molar-refractivity contribution in [2.45, 2.75) is 12.6 Å². The van der Waals surface area contributed by atoms with Crippen molar-refractivity contribution >= 4 is 0 Å². The SMILES string of the molecule is O=c1[nH]nc(Cc2ccccc2C(F)(F)F)[nH]1. The van der Waals surface area contributed by atoms with E-state index in [1.807, 2.05) is 0 Å². The molecule has 4 nitrogen and oxygen atoms in total. The summed E-state index contributed by atoms with van der Waals surface area (Å²) < 4.78 is 38.0. The molecule has 0 saturated carbocycles. The minimum absolute atomic E-state index is 0.0720. The van der Waals surface area contributed by atoms with Gasteiger partial charge in [-0.05, 0) is 11.6 Å². The lowest BCUT2D eigenvalue weighted by Gasteiger charge is -2.11. The third-order valence-corrected chi connectivity index (χ3v) is 2.23. The van der Waals surface area contributed by atoms with Gasteiger partial charge in [0.1, 0.15) is 5.82 Å². The standard InChI is InChI=1S/C10H8F3N3O/c11-10(12,13)7-4-2-1-3-6(7)5-8-14-9(17)16-15-8/h1-4H,5H2,(H2,14,15,16,17). The van der Waals surface area contributed by atoms with E-state index < -0.39 is 17.4 Å². The van der Waals surface area contributed by atoms with E-state index in [-0.39, 0.29) is 17.8 Å². The number of nitrogens with zero attached hydrogens (tertiary/aromatic N) is 1. The van der Waals surface area contributed by atoms with Gasteiger partial charge >= 0.3 is 11.9 Å². The number of aromatic nitrogens is 3. The van der Waals surface area contributed by atoms with Gasteiger partial charge in [0, 0.05) is 6.42 Å². The Bertz CT molecular complexity index is 570. The maximum Gasteiger partial charge on any atom is 0.416 e. The van der Waals surface area contributed by atoms with Crippen LogP contribution in [-0.2, 0) is 12.6 Å². The third kappa shape index (κ3) is 2.55. The molecule has 0 aliphatic rings. The van der Waals surface area contributed by atoms with Gasteiger partial charge in [-0.1, -0.05) is 18.2 Å². The zero-order valence-corrected chi connectivity index (χ0v) is 8.51. The molecule has 0 spiro atoms. The minimum Gasteiger partial charge on any atom is -0.293 e. The van der Waals surface area contributed by atoms with E-state index in [0.29, 0.717) is 0 Å². The summed E-state index contributed by atoms with van der Waals surface area (Å²) in [6, 6.07) is 5.19. The molecule has 0 bridgehead atoms. The van der Waals surface area contributed by atoms with Gasteiger partial charge < -0.3 is 0 Å². The first kappa shape index (κ1) is 11.4. The highest BCUT2D eigenvalue weighted by molar-refractivity contribution is 5.31. The largest absolute Gasteiger partial charge is 0.416 e. The van der Waals surface area contributed by atoms with Crippen LogP contribution in [0, 0.1) is 0 Å². The summed E-state index contributed by atoms with van der Waals surface area (Å²) >= 11 is 0. The summed E-state index contributed by atoms with van der Waals surface area (Å²) in [7, 11) is 0. The first-order valence-electron chi connectivity index (χ1n) is 4.75. The number of halogens is 3. The van der Waals surface area contributed by atoms with Gasteiger partial charge in [0.05, 0.1) is 5.56 Å². The monoisotopic (exact) mass is 243 g/mol. The predicted octanol–water partition coefficient (Wildman–Crippen LogP) is 1.71. The van der Waals surface area contributed by atoms with Crippen molar-refractivity contribution < 1.29 is 13.2 Å². The fraction of sp³-hybridized carbons (Fsp3) is 0.200. The fourth-order valence-electron chi connectivity index (χ4n) is 1.52. The van der Waals surface area contributed by atoms with Gasteiger partial charge in [-0.15, -0.1) is 0 Å². The molecule has 0 aliphatic heterocycles. The van der Waals surface area contributed by atoms with Crippen LogP contribution in [0.4, 0.5) is 13.2 Å². The molecule has 1 aromatic heterocycles. The molecule has 0 aliphatic carbocycles. The number of H-pyrrole nitrogens is 2. The summed E-state index contributed by atoms with van der Waals surface area (Å²) in [6.07, 6.45) is -4.48. The smallest absolute Gasteiger partial charge is 0.293 e. The molecule has 0 radical (unpaired) electrons. The van der Waals surface area contributed by atoms with Crippen LogP contribution < -0.4 is 5.69 Å². The molecule has 2 aromatic rings. The maximum atomic E-state index is 12.7. The molecule has 17 heavy (non-hydrogen) atoms. The topological polar surface area (TPSA) is 61.5 Å². The molecule has 1 aromatic carbocycles. The average molecular weight is 243 g/mol. The Labute approximate surface area is 93.5 Å². The van der Waals surface area contributed by atoms with Crippen molar-refractivity contribution in [1.82, 2.24) is 15.2 Å². The highest BCUT2D eigenvalue weighted by Gasteiger charge is 2.32. The van der Waals surface area contributed by atoms with E-state index in [9.17, 15) is 18.0 Å². The van der Waals surface area contributed by atoms with Gasteiger partial charge in [-0.25, -0.2) is 9.89 Å². The maximum absolute atomic E-state index is 12.7. The van der Waals surface area contributed by atoms with E-state index in [4.69, 9.17) is 0 Å². The van der Waals surface area contributed by atoms with E-state index in [1.54, 1.807) is 0 Å². The molecular weight excluding hydrogens is 235 g/mol. The number of rotatable bonds is 2. The number of alkyl halides is 3. The number of benzene rings is 1. The molecule has 0 amide bonds. The Morgan fingerprint density at radius 2 is 1.94 bits per heavy atom. The van der Waals surface area contributed by atoms with Crippen LogP contribution in [-0.4, -0.2) is 15.2 Å². The lowest BCUT2D eigenvalue weighted by molar-refractivity contribution is -0.138. The molecule has 0 unspecified atom stereocenters. The molecule has 0 saturated heterocycles. The van der Waals surface area contributed by atoms with Crippen LogP contribution in [0.1, 0.15) is 17.0 Å². The predicted molar refractivity (Wildman–Crippen MR) is 53.5 cm³/mol. The Balaban J connectivity index is 2.36. The molecule has 0 atom stereocenters. The fourth-order valence-corrected chi connectivity index (χ4v) is 1.52. The second-order valence-electron chi connectivity index (χ2n) is 3.46. The van der Waals surface area contributed by atoms with Gasteiger partial charge in [0.25, 0.3) is 0 Å². The summed E-state index contributed by atoms with van der Waals surface area (Å²) in [5.74, 6) is 0.173. The van der Waals surface area contributed by atoms with Crippen LogP contribution in [0.15, 0.2) is 29.1 Å². The molecule has 7 heteroatoms. The second kappa shape index (κ2) is 4.08. The molecule has 2 N–H and O–H groups in total. The van der Waals surface area contributed by atoms with Crippen molar-refractivity contribution in [3.63, 3.8) is 0 Å². The quantitative estimate of drug-likeness (QED) is 0.843. The summed E-state index contributed by atoms with van der Waals surface area (Å²) in [5.41, 5.74) is -1.18. The lowest BCUT2D eigenvalue weighted by atomic mass is 10.0. The van der Waals surface area contributed by atoms with Crippen molar-refractivity contribution in [2.75, 3.05) is 0 Å². The highest BCUT2D eigenvalue weighted by Crippen LogP contribution is 2.32. The minimum atomic E-state index is -4.41. The van der Waals surface area contributed by atoms with E-state index in [1.165, 1.54) is 18.2 Å². The van der Waals surface area contributed by atoms with Crippen molar-refractivity contribution in [3.8, 4) is 0 Å². The van der Waals surface area contributed by atoms with Crippen LogP contribution in [0.5, 0.6) is 0 Å². The molecule has 1 heterocycles. The number of aromatic amines is 2. The van der Waals surface area contributed by atoms with Crippen LogP contribution in [0.25, 0.3) is 0 Å². The van der Waals surface area contributed by atoms with E-state index >= 15 is 0 Å². The summed E-state index contributed by atoms with van der Waals surface area (Å²) in [5, 5.41) is 5.68. The van der Waals surface area contributed by atoms with Crippen molar-refractivity contribution in [3.05, 3.63) is 51.7 Å². The lowest BCUT2D eigenvalue weighted by Crippen LogP contribution is -2.10. The second-order valence-corrected chi connectivity index (χ2v) is 3.46.